The predicted octanol–water partition coefficient (Wildman–Crippen LogP) is 4.92. The number of hydrogen-bond acceptors (Lipinski definition) is 0. The van der Waals surface area contributed by atoms with Crippen molar-refractivity contribution in [3.05, 3.63) is 85.1 Å². The third-order valence-corrected chi connectivity index (χ3v) is 2.28. The molecule has 0 rings (SSSR count). The maximum Gasteiger partial charge on any atom is -0.0190 e. The van der Waals surface area contributed by atoms with Gasteiger partial charge in [-0.3, -0.25) is 0 Å². The van der Waals surface area contributed by atoms with Crippen molar-refractivity contribution in [1.82, 2.24) is 0 Å². The molecule has 84 valence electrons. The summed E-state index contributed by atoms with van der Waals surface area (Å²) in [6.45, 7) is 19.1. The maximum absolute atomic E-state index is 3.91. The van der Waals surface area contributed by atoms with E-state index in [9.17, 15) is 0 Å². The molecule has 0 saturated heterocycles. The van der Waals surface area contributed by atoms with Crippen molar-refractivity contribution in [3.8, 4) is 0 Å². The van der Waals surface area contributed by atoms with Gasteiger partial charge in [0.2, 0.25) is 0 Å². The summed E-state index contributed by atoms with van der Waals surface area (Å²) in [6, 6.07) is 0. The molecule has 0 aliphatic rings. The minimum absolute atomic E-state index is 0.876. The van der Waals surface area contributed by atoms with Crippen LogP contribution in [0.2, 0.25) is 0 Å². The highest BCUT2D eigenvalue weighted by Gasteiger charge is 1.98. The summed E-state index contributed by atoms with van der Waals surface area (Å²) in [5, 5.41) is 0. The summed E-state index contributed by atoms with van der Waals surface area (Å²) in [5.74, 6) is 0. The molecule has 0 aromatic carbocycles. The molecule has 0 spiro atoms. The van der Waals surface area contributed by atoms with Crippen LogP contribution in [0.25, 0.3) is 0 Å². The molecule has 0 amide bonds. The molecule has 0 aromatic heterocycles. The average molecular weight is 212 g/mol. The molecule has 0 aliphatic carbocycles. The monoisotopic (exact) mass is 212 g/mol. The van der Waals surface area contributed by atoms with E-state index in [1.807, 2.05) is 26.0 Å². The van der Waals surface area contributed by atoms with Gasteiger partial charge in [-0.15, -0.1) is 0 Å². The van der Waals surface area contributed by atoms with Gasteiger partial charge in [-0.25, -0.2) is 0 Å². The lowest BCUT2D eigenvalue weighted by Gasteiger charge is -2.05. The van der Waals surface area contributed by atoms with Gasteiger partial charge in [0.1, 0.15) is 0 Å². The molecule has 0 atom stereocenters. The fourth-order valence-corrected chi connectivity index (χ4v) is 1.27. The Morgan fingerprint density at radius 1 is 1.00 bits per heavy atom. The summed E-state index contributed by atoms with van der Waals surface area (Å²) in [6.07, 6.45) is 11.4. The van der Waals surface area contributed by atoms with Gasteiger partial charge in [0.25, 0.3) is 0 Å². The molecule has 0 radical (unpaired) electrons. The topological polar surface area (TPSA) is 0 Å². The van der Waals surface area contributed by atoms with E-state index in [1.54, 1.807) is 18.2 Å². The average Bonchev–Trinajstić information content (AvgIpc) is 2.30. The second-order valence-corrected chi connectivity index (χ2v) is 3.36. The molecule has 0 heteroatoms. The summed E-state index contributed by atoms with van der Waals surface area (Å²) >= 11 is 0. The molecular weight excluding hydrogens is 192 g/mol. The Hall–Kier alpha value is -1.82. The van der Waals surface area contributed by atoms with Gasteiger partial charge in [-0.1, -0.05) is 56.7 Å². The number of allylic oxidation sites excluding steroid dienone is 10. The fraction of sp³-hybridized carbons (Fsp3) is 0.125. The Bertz CT molecular complexity index is 384. The van der Waals surface area contributed by atoms with Gasteiger partial charge < -0.3 is 0 Å². The van der Waals surface area contributed by atoms with Crippen LogP contribution in [0.3, 0.4) is 0 Å². The van der Waals surface area contributed by atoms with Crippen LogP contribution < -0.4 is 0 Å². The van der Waals surface area contributed by atoms with E-state index < -0.39 is 0 Å². The zero-order valence-electron chi connectivity index (χ0n) is 10.3. The van der Waals surface area contributed by atoms with E-state index in [1.165, 1.54) is 0 Å². The van der Waals surface area contributed by atoms with Crippen LogP contribution in [0.4, 0.5) is 0 Å². The molecule has 0 heterocycles. The second-order valence-electron chi connectivity index (χ2n) is 3.36. The van der Waals surface area contributed by atoms with Gasteiger partial charge in [0.05, 0.1) is 0 Å². The van der Waals surface area contributed by atoms with Crippen molar-refractivity contribution in [2.45, 2.75) is 13.8 Å². The fourth-order valence-electron chi connectivity index (χ4n) is 1.27. The highest BCUT2D eigenvalue weighted by Crippen LogP contribution is 2.18. The molecule has 0 aromatic rings. The second kappa shape index (κ2) is 7.47. The van der Waals surface area contributed by atoms with Crippen LogP contribution in [0.15, 0.2) is 85.1 Å². The first-order valence-corrected chi connectivity index (χ1v) is 5.22. The molecule has 0 saturated carbocycles. The summed E-state index contributed by atoms with van der Waals surface area (Å²) < 4.78 is 0. The predicted molar refractivity (Wildman–Crippen MR) is 75.3 cm³/mol. The van der Waals surface area contributed by atoms with Gasteiger partial charge >= 0.3 is 0 Å². The van der Waals surface area contributed by atoms with E-state index in [4.69, 9.17) is 0 Å². The van der Waals surface area contributed by atoms with Crippen LogP contribution in [0.5, 0.6) is 0 Å². The Morgan fingerprint density at radius 2 is 1.62 bits per heavy atom. The minimum Gasteiger partial charge on any atom is -0.0991 e. The van der Waals surface area contributed by atoms with Crippen LogP contribution in [0.1, 0.15) is 13.8 Å². The van der Waals surface area contributed by atoms with Crippen molar-refractivity contribution >= 4 is 0 Å². The molecule has 0 aliphatic heterocycles. The number of rotatable bonds is 6. The first-order chi connectivity index (χ1) is 7.60. The van der Waals surface area contributed by atoms with Crippen molar-refractivity contribution < 1.29 is 0 Å². The third-order valence-electron chi connectivity index (χ3n) is 2.28. The first-order valence-electron chi connectivity index (χ1n) is 5.22. The van der Waals surface area contributed by atoms with Crippen molar-refractivity contribution in [3.63, 3.8) is 0 Å². The molecule has 0 N–H and O–H groups in total. The Morgan fingerprint density at radius 3 is 2.00 bits per heavy atom. The first kappa shape index (κ1) is 14.2. The van der Waals surface area contributed by atoms with Gasteiger partial charge in [0, 0.05) is 0 Å². The molecule has 0 bridgehead atoms. The van der Waals surface area contributed by atoms with Gasteiger partial charge in [-0.2, -0.15) is 0 Å². The molecule has 0 nitrogen and oxygen atoms in total. The SMILES string of the molecule is C=C\C=C(C)/C(/C=C(/C=C)C(=C)C=C)=C\C. The molecular formula is C16H20. The summed E-state index contributed by atoms with van der Waals surface area (Å²) in [4.78, 5) is 0. The highest BCUT2D eigenvalue weighted by molar-refractivity contribution is 5.51. The zero-order valence-corrected chi connectivity index (χ0v) is 10.3. The van der Waals surface area contributed by atoms with Crippen LogP contribution in [0, 0.1) is 0 Å². The van der Waals surface area contributed by atoms with E-state index in [0.717, 1.165) is 22.3 Å². The lowest BCUT2D eigenvalue weighted by Crippen LogP contribution is -1.86. The van der Waals surface area contributed by atoms with Crippen LogP contribution in [-0.2, 0) is 0 Å². The molecule has 16 heavy (non-hydrogen) atoms. The maximum atomic E-state index is 3.91. The summed E-state index contributed by atoms with van der Waals surface area (Å²) in [5.41, 5.74) is 4.16. The Labute approximate surface area is 99.4 Å². The standard InChI is InChI=1S/C16H20/c1-7-11-14(6)16(10-4)12-15(9-3)13(5)8-2/h7-12H,1-3,5H2,4,6H3/b14-11-,15-12-,16-10-. The van der Waals surface area contributed by atoms with E-state index in [2.05, 4.69) is 32.4 Å². The number of hydrogen-bond donors (Lipinski definition) is 0. The van der Waals surface area contributed by atoms with Crippen LogP contribution >= 0.6 is 0 Å². The van der Waals surface area contributed by atoms with E-state index in [-0.39, 0.29) is 0 Å². The smallest absolute Gasteiger partial charge is 0.0190 e. The van der Waals surface area contributed by atoms with Crippen molar-refractivity contribution in [1.29, 1.82) is 0 Å². The molecule has 0 unspecified atom stereocenters. The molecule has 0 fully saturated rings. The zero-order chi connectivity index (χ0) is 12.6. The van der Waals surface area contributed by atoms with Gasteiger partial charge in [0.15, 0.2) is 0 Å². The highest BCUT2D eigenvalue weighted by atomic mass is 14.0. The third kappa shape index (κ3) is 4.14. The van der Waals surface area contributed by atoms with Gasteiger partial charge in [-0.05, 0) is 42.2 Å². The van der Waals surface area contributed by atoms with E-state index >= 15 is 0 Å². The summed E-state index contributed by atoms with van der Waals surface area (Å²) in [7, 11) is 0. The van der Waals surface area contributed by atoms with Crippen molar-refractivity contribution in [2.24, 2.45) is 0 Å². The van der Waals surface area contributed by atoms with E-state index in [0.29, 0.717) is 0 Å². The minimum atomic E-state index is 0.876. The largest absolute Gasteiger partial charge is 0.0991 e. The van der Waals surface area contributed by atoms with Crippen molar-refractivity contribution in [2.75, 3.05) is 0 Å². The quantitative estimate of drug-likeness (QED) is 0.548. The Kier molecular flexibility index (Phi) is 6.62. The normalized spacial score (nSPS) is 13.2. The lowest BCUT2D eigenvalue weighted by atomic mass is 10.00. The lowest BCUT2D eigenvalue weighted by molar-refractivity contribution is 1.38. The Balaban J connectivity index is 5.30. The van der Waals surface area contributed by atoms with Crippen LogP contribution in [-0.4, -0.2) is 0 Å².